The molecule has 0 aromatic heterocycles. The fourth-order valence-electron chi connectivity index (χ4n) is 7.79. The van der Waals surface area contributed by atoms with E-state index in [-0.39, 0.29) is 29.8 Å². The Bertz CT molecular complexity index is 1380. The van der Waals surface area contributed by atoms with Crippen molar-refractivity contribution in [2.45, 2.75) is 82.7 Å². The summed E-state index contributed by atoms with van der Waals surface area (Å²) in [6, 6.07) is 16.2. The van der Waals surface area contributed by atoms with Crippen LogP contribution in [-0.4, -0.2) is 59.6 Å². The van der Waals surface area contributed by atoms with E-state index in [9.17, 15) is 14.4 Å². The number of likely N-dealkylation sites (tertiary alicyclic amines) is 1. The summed E-state index contributed by atoms with van der Waals surface area (Å²) in [5, 5.41) is 6.33. The van der Waals surface area contributed by atoms with Crippen LogP contribution in [0.4, 0.5) is 5.69 Å². The van der Waals surface area contributed by atoms with Crippen molar-refractivity contribution >= 4 is 23.4 Å². The van der Waals surface area contributed by atoms with Gasteiger partial charge in [-0.2, -0.15) is 0 Å². The van der Waals surface area contributed by atoms with E-state index in [1.54, 1.807) is 36.3 Å². The maximum atomic E-state index is 14.4. The number of benzene rings is 2. The van der Waals surface area contributed by atoms with Crippen LogP contribution in [0.15, 0.2) is 66.7 Å². The molecule has 4 aliphatic rings. The van der Waals surface area contributed by atoms with Crippen LogP contribution in [0.25, 0.3) is 0 Å². The molecule has 228 valence electrons. The Kier molecular flexibility index (Phi) is 8.07. The van der Waals surface area contributed by atoms with Gasteiger partial charge in [0.2, 0.25) is 17.7 Å². The Morgan fingerprint density at radius 3 is 2.53 bits per heavy atom. The second-order valence-electron chi connectivity index (χ2n) is 12.9. The summed E-state index contributed by atoms with van der Waals surface area (Å²) in [7, 11) is 1.59. The van der Waals surface area contributed by atoms with Gasteiger partial charge in [-0.15, -0.1) is 0 Å². The van der Waals surface area contributed by atoms with Gasteiger partial charge in [-0.25, -0.2) is 0 Å². The number of nitrogens with zero attached hydrogens (tertiary/aromatic N) is 1. The molecule has 1 spiro atoms. The molecule has 1 aliphatic carbocycles. The third kappa shape index (κ3) is 5.24. The van der Waals surface area contributed by atoms with E-state index in [4.69, 9.17) is 9.47 Å². The van der Waals surface area contributed by atoms with Gasteiger partial charge in [-0.1, -0.05) is 69.2 Å². The number of ether oxygens (including phenoxy) is 2. The van der Waals surface area contributed by atoms with Crippen LogP contribution < -0.4 is 15.4 Å². The van der Waals surface area contributed by atoms with Crippen molar-refractivity contribution in [2.75, 3.05) is 12.4 Å². The maximum absolute atomic E-state index is 14.4. The first kappa shape index (κ1) is 29.4. The van der Waals surface area contributed by atoms with Crippen LogP contribution in [0.1, 0.15) is 52.0 Å². The molecule has 8 heteroatoms. The number of hydrogen-bond donors (Lipinski definition) is 2. The van der Waals surface area contributed by atoms with Crippen LogP contribution in [-0.2, 0) is 25.5 Å². The molecule has 43 heavy (non-hydrogen) atoms. The fraction of sp³-hybridized carbons (Fsp3) is 0.514. The second-order valence-corrected chi connectivity index (χ2v) is 12.9. The summed E-state index contributed by atoms with van der Waals surface area (Å²) in [4.78, 5) is 44.3. The minimum absolute atomic E-state index is 0.0417. The number of amides is 3. The number of fused-ring (bicyclic) bond motifs is 1. The van der Waals surface area contributed by atoms with Crippen molar-refractivity contribution in [3.8, 4) is 5.75 Å². The number of nitrogens with one attached hydrogen (secondary N) is 2. The van der Waals surface area contributed by atoms with E-state index in [0.29, 0.717) is 29.7 Å². The Hall–Kier alpha value is -3.65. The highest BCUT2D eigenvalue weighted by Crippen LogP contribution is 2.56. The van der Waals surface area contributed by atoms with Crippen LogP contribution >= 0.6 is 0 Å². The number of hydrogen-bond acceptors (Lipinski definition) is 5. The van der Waals surface area contributed by atoms with Gasteiger partial charge in [0.1, 0.15) is 17.4 Å². The second kappa shape index (κ2) is 11.8. The molecular weight excluding hydrogens is 542 g/mol. The first-order chi connectivity index (χ1) is 20.7. The molecule has 0 radical (unpaired) electrons. The van der Waals surface area contributed by atoms with Crippen molar-refractivity contribution in [2.24, 2.45) is 23.7 Å². The highest BCUT2D eigenvalue weighted by molar-refractivity contribution is 6.03. The van der Waals surface area contributed by atoms with Crippen molar-refractivity contribution in [3.63, 3.8) is 0 Å². The summed E-state index contributed by atoms with van der Waals surface area (Å²) < 4.78 is 11.8. The van der Waals surface area contributed by atoms with Crippen LogP contribution in [0.2, 0.25) is 0 Å². The number of carbonyl (C=O) groups excluding carboxylic acids is 3. The third-order valence-corrected chi connectivity index (χ3v) is 10.4. The molecule has 6 rings (SSSR count). The molecule has 2 saturated heterocycles. The van der Waals surface area contributed by atoms with Gasteiger partial charge >= 0.3 is 0 Å². The number of methoxy groups -OCH3 is 1. The Labute approximate surface area is 254 Å². The maximum Gasteiger partial charge on any atom is 0.246 e. The van der Waals surface area contributed by atoms with E-state index >= 15 is 0 Å². The van der Waals surface area contributed by atoms with Gasteiger partial charge in [-0.05, 0) is 67.9 Å². The van der Waals surface area contributed by atoms with Crippen molar-refractivity contribution in [3.05, 3.63) is 72.3 Å². The minimum Gasteiger partial charge on any atom is -0.497 e. The zero-order valence-corrected chi connectivity index (χ0v) is 25.5. The molecule has 3 heterocycles. The first-order valence-electron chi connectivity index (χ1n) is 15.7. The lowest BCUT2D eigenvalue weighted by Crippen LogP contribution is -2.59. The standard InChI is InChI=1S/C35H43N3O5/c1-21-9-8-12-27(23(21)3)37-33(40)31-35-20-19-28(43-35)29(32(39)36-25-15-17-26(42-4)18-16-25)30(35)34(41)38(31)22(2)13-14-24-10-6-5-7-11-24/h5-7,10-11,15-23,27-31H,8-9,12-14H2,1-4H3,(H,36,39)(H,37,40)/t21?,22?,23?,27?,28-,29?,30-,31?,35?/m0/s1. The molecule has 3 fully saturated rings. The molecule has 2 bridgehead atoms. The average Bonchev–Trinajstić information content (AvgIpc) is 3.66. The molecule has 8 nitrogen and oxygen atoms in total. The molecule has 2 aromatic carbocycles. The number of anilines is 1. The normalized spacial score (nSPS) is 33.3. The minimum atomic E-state index is -1.18. The van der Waals surface area contributed by atoms with Crippen LogP contribution in [0.5, 0.6) is 5.75 Å². The van der Waals surface area contributed by atoms with Gasteiger partial charge in [0.25, 0.3) is 0 Å². The van der Waals surface area contributed by atoms with E-state index < -0.39 is 29.6 Å². The highest BCUT2D eigenvalue weighted by atomic mass is 16.5. The summed E-state index contributed by atoms with van der Waals surface area (Å²) >= 11 is 0. The first-order valence-corrected chi connectivity index (χ1v) is 15.7. The van der Waals surface area contributed by atoms with Crippen molar-refractivity contribution in [1.82, 2.24) is 10.2 Å². The Morgan fingerprint density at radius 2 is 1.81 bits per heavy atom. The SMILES string of the molecule is COc1ccc(NC(=O)C2[C@@H]3C=CC4(O3)C(C(=O)NC3CCCC(C)C3C)N(C(C)CCc3ccccc3)C(=O)[C@H]24)cc1. The number of aryl methyl sites for hydroxylation is 1. The Balaban J connectivity index is 1.29. The largest absolute Gasteiger partial charge is 0.497 e. The summed E-state index contributed by atoms with van der Waals surface area (Å²) in [5.74, 6) is -0.639. The van der Waals surface area contributed by atoms with E-state index in [2.05, 4.69) is 36.6 Å². The van der Waals surface area contributed by atoms with E-state index in [1.165, 1.54) is 5.56 Å². The summed E-state index contributed by atoms with van der Waals surface area (Å²) in [6.45, 7) is 6.45. The van der Waals surface area contributed by atoms with E-state index in [0.717, 1.165) is 25.7 Å². The van der Waals surface area contributed by atoms with Crippen LogP contribution in [0.3, 0.4) is 0 Å². The molecule has 3 amide bonds. The number of carbonyl (C=O) groups is 3. The third-order valence-electron chi connectivity index (χ3n) is 10.4. The highest BCUT2D eigenvalue weighted by Gasteiger charge is 2.73. The molecule has 2 N–H and O–H groups in total. The number of rotatable bonds is 9. The van der Waals surface area contributed by atoms with Crippen LogP contribution in [0, 0.1) is 23.7 Å². The fourth-order valence-corrected chi connectivity index (χ4v) is 7.79. The molecule has 7 unspecified atom stereocenters. The van der Waals surface area contributed by atoms with Gasteiger partial charge in [0, 0.05) is 17.8 Å². The molecule has 9 atom stereocenters. The lowest BCUT2D eigenvalue weighted by molar-refractivity contribution is -0.144. The zero-order valence-electron chi connectivity index (χ0n) is 25.5. The molecular formula is C35H43N3O5. The summed E-state index contributed by atoms with van der Waals surface area (Å²) in [6.07, 6.45) is 7.79. The smallest absolute Gasteiger partial charge is 0.246 e. The lowest BCUT2D eigenvalue weighted by atomic mass is 9.73. The predicted octanol–water partition coefficient (Wildman–Crippen LogP) is 4.75. The Morgan fingerprint density at radius 1 is 1.07 bits per heavy atom. The van der Waals surface area contributed by atoms with Gasteiger partial charge in [0.15, 0.2) is 0 Å². The van der Waals surface area contributed by atoms with Crippen molar-refractivity contribution in [1.29, 1.82) is 0 Å². The molecule has 1 saturated carbocycles. The van der Waals surface area contributed by atoms with Gasteiger partial charge in [0.05, 0.1) is 25.0 Å². The zero-order chi connectivity index (χ0) is 30.3. The van der Waals surface area contributed by atoms with Gasteiger partial charge in [-0.3, -0.25) is 14.4 Å². The summed E-state index contributed by atoms with van der Waals surface area (Å²) in [5.41, 5.74) is 0.609. The quantitative estimate of drug-likeness (QED) is 0.414. The monoisotopic (exact) mass is 585 g/mol. The topological polar surface area (TPSA) is 97.0 Å². The van der Waals surface area contributed by atoms with Crippen molar-refractivity contribution < 1.29 is 23.9 Å². The lowest BCUT2D eigenvalue weighted by Gasteiger charge is -2.39. The van der Waals surface area contributed by atoms with Gasteiger partial charge < -0.3 is 25.0 Å². The molecule has 2 aromatic rings. The molecule has 3 aliphatic heterocycles. The van der Waals surface area contributed by atoms with E-state index in [1.807, 2.05) is 37.3 Å². The predicted molar refractivity (Wildman–Crippen MR) is 164 cm³/mol. The average molecular weight is 586 g/mol.